The van der Waals surface area contributed by atoms with E-state index in [1.54, 1.807) is 0 Å². The number of hydrogen-bond donors (Lipinski definition) is 2. The zero-order chi connectivity index (χ0) is 19.9. The van der Waals surface area contributed by atoms with Crippen LogP contribution in [-0.2, 0) is 4.79 Å². The molecule has 3 rings (SSSR count). The SMILES string of the molecule is CCCC(NCC(=O)Nc1c(C)nn(-c2ccccc2)c1C)c1ccccc1. The molecule has 0 saturated heterocycles. The van der Waals surface area contributed by atoms with Crippen molar-refractivity contribution in [1.29, 1.82) is 0 Å². The summed E-state index contributed by atoms with van der Waals surface area (Å²) in [6, 6.07) is 20.4. The Morgan fingerprint density at radius 1 is 1.04 bits per heavy atom. The van der Waals surface area contributed by atoms with Crippen LogP contribution in [0.2, 0.25) is 0 Å². The van der Waals surface area contributed by atoms with E-state index >= 15 is 0 Å². The molecule has 146 valence electrons. The average molecular weight is 377 g/mol. The van der Waals surface area contributed by atoms with Crippen molar-refractivity contribution < 1.29 is 4.79 Å². The van der Waals surface area contributed by atoms with Gasteiger partial charge in [-0.25, -0.2) is 4.68 Å². The van der Waals surface area contributed by atoms with Gasteiger partial charge in [-0.15, -0.1) is 0 Å². The van der Waals surface area contributed by atoms with Gasteiger partial charge in [0.05, 0.1) is 29.3 Å². The number of hydrogen-bond acceptors (Lipinski definition) is 3. The highest BCUT2D eigenvalue weighted by atomic mass is 16.1. The average Bonchev–Trinajstić information content (AvgIpc) is 3.00. The van der Waals surface area contributed by atoms with Crippen LogP contribution >= 0.6 is 0 Å². The van der Waals surface area contributed by atoms with Crippen LogP contribution in [-0.4, -0.2) is 22.2 Å². The van der Waals surface area contributed by atoms with E-state index < -0.39 is 0 Å². The number of rotatable bonds is 8. The van der Waals surface area contributed by atoms with Crippen LogP contribution in [0.1, 0.15) is 42.8 Å². The zero-order valence-corrected chi connectivity index (χ0v) is 16.8. The van der Waals surface area contributed by atoms with E-state index in [0.29, 0.717) is 0 Å². The Kier molecular flexibility index (Phi) is 6.61. The van der Waals surface area contributed by atoms with E-state index in [-0.39, 0.29) is 18.5 Å². The van der Waals surface area contributed by atoms with Crippen LogP contribution in [0, 0.1) is 13.8 Å². The van der Waals surface area contributed by atoms with Crippen LogP contribution in [0.15, 0.2) is 60.7 Å². The highest BCUT2D eigenvalue weighted by Gasteiger charge is 2.16. The maximum Gasteiger partial charge on any atom is 0.238 e. The largest absolute Gasteiger partial charge is 0.322 e. The van der Waals surface area contributed by atoms with E-state index in [9.17, 15) is 4.79 Å². The second-order valence-corrected chi connectivity index (χ2v) is 6.97. The standard InChI is InChI=1S/C23H28N4O/c1-4-11-21(19-12-7-5-8-13-19)24-16-22(28)25-23-17(2)26-27(18(23)3)20-14-9-6-10-15-20/h5-10,12-15,21,24H,4,11,16H2,1-3H3,(H,25,28). The Bertz CT molecular complexity index is 903. The van der Waals surface area contributed by atoms with E-state index in [2.05, 4.69) is 34.8 Å². The van der Waals surface area contributed by atoms with Crippen molar-refractivity contribution in [3.05, 3.63) is 77.6 Å². The Hall–Kier alpha value is -2.92. The third-order valence-corrected chi connectivity index (χ3v) is 4.84. The first-order chi connectivity index (χ1) is 13.6. The second kappa shape index (κ2) is 9.33. The number of nitrogens with one attached hydrogen (secondary N) is 2. The molecule has 1 unspecified atom stereocenters. The number of para-hydroxylation sites is 1. The van der Waals surface area contributed by atoms with Crippen LogP contribution in [0.25, 0.3) is 5.69 Å². The lowest BCUT2D eigenvalue weighted by molar-refractivity contribution is -0.115. The lowest BCUT2D eigenvalue weighted by Gasteiger charge is -2.18. The minimum absolute atomic E-state index is 0.0594. The van der Waals surface area contributed by atoms with Crippen LogP contribution in [0.3, 0.4) is 0 Å². The molecule has 0 saturated carbocycles. The minimum atomic E-state index is -0.0594. The monoisotopic (exact) mass is 376 g/mol. The molecule has 2 N–H and O–H groups in total. The quantitative estimate of drug-likeness (QED) is 0.606. The maximum atomic E-state index is 12.6. The Labute approximate surface area is 166 Å². The number of anilines is 1. The summed E-state index contributed by atoms with van der Waals surface area (Å²) < 4.78 is 1.86. The van der Waals surface area contributed by atoms with Gasteiger partial charge in [0, 0.05) is 6.04 Å². The molecule has 1 aromatic heterocycles. The van der Waals surface area contributed by atoms with Gasteiger partial charge in [0.1, 0.15) is 0 Å². The molecule has 5 heteroatoms. The van der Waals surface area contributed by atoms with Gasteiger partial charge in [-0.1, -0.05) is 61.9 Å². The van der Waals surface area contributed by atoms with E-state index in [1.807, 2.05) is 67.1 Å². The Morgan fingerprint density at radius 3 is 2.32 bits per heavy atom. The zero-order valence-electron chi connectivity index (χ0n) is 16.8. The van der Waals surface area contributed by atoms with Crippen molar-refractivity contribution in [2.75, 3.05) is 11.9 Å². The molecule has 0 aliphatic heterocycles. The van der Waals surface area contributed by atoms with Crippen LogP contribution < -0.4 is 10.6 Å². The van der Waals surface area contributed by atoms with Crippen LogP contribution in [0.4, 0.5) is 5.69 Å². The van der Waals surface area contributed by atoms with Crippen molar-refractivity contribution in [3.8, 4) is 5.69 Å². The normalized spacial score (nSPS) is 12.0. The molecule has 0 fully saturated rings. The lowest BCUT2D eigenvalue weighted by atomic mass is 10.0. The van der Waals surface area contributed by atoms with Gasteiger partial charge in [0.15, 0.2) is 0 Å². The van der Waals surface area contributed by atoms with Gasteiger partial charge < -0.3 is 10.6 Å². The number of amides is 1. The predicted octanol–water partition coefficient (Wildman–Crippen LogP) is 4.56. The fraction of sp³-hybridized carbons (Fsp3) is 0.304. The highest BCUT2D eigenvalue weighted by molar-refractivity contribution is 5.93. The smallest absolute Gasteiger partial charge is 0.238 e. The van der Waals surface area contributed by atoms with Crippen LogP contribution in [0.5, 0.6) is 0 Å². The number of benzene rings is 2. The molecule has 0 aliphatic carbocycles. The topological polar surface area (TPSA) is 59.0 Å². The molecule has 0 aliphatic rings. The summed E-state index contributed by atoms with van der Waals surface area (Å²) in [6.07, 6.45) is 2.04. The first kappa shape index (κ1) is 19.8. The van der Waals surface area contributed by atoms with Gasteiger partial charge in [0.2, 0.25) is 5.91 Å². The fourth-order valence-corrected chi connectivity index (χ4v) is 3.40. The third-order valence-electron chi connectivity index (χ3n) is 4.84. The first-order valence-corrected chi connectivity index (χ1v) is 9.80. The summed E-state index contributed by atoms with van der Waals surface area (Å²) in [4.78, 5) is 12.6. The molecule has 1 atom stereocenters. The summed E-state index contributed by atoms with van der Waals surface area (Å²) in [5.74, 6) is -0.0594. The van der Waals surface area contributed by atoms with E-state index in [0.717, 1.165) is 35.6 Å². The van der Waals surface area contributed by atoms with E-state index in [4.69, 9.17) is 0 Å². The first-order valence-electron chi connectivity index (χ1n) is 9.80. The molecule has 0 spiro atoms. The van der Waals surface area contributed by atoms with Gasteiger partial charge in [0.25, 0.3) is 0 Å². The van der Waals surface area contributed by atoms with Crippen molar-refractivity contribution >= 4 is 11.6 Å². The highest BCUT2D eigenvalue weighted by Crippen LogP contribution is 2.23. The summed E-state index contributed by atoms with van der Waals surface area (Å²) >= 11 is 0. The molecule has 1 heterocycles. The molecule has 1 amide bonds. The molecular formula is C23H28N4O. The van der Waals surface area contributed by atoms with Crippen molar-refractivity contribution in [2.45, 2.75) is 39.7 Å². The third kappa shape index (κ3) is 4.67. The Morgan fingerprint density at radius 2 is 1.68 bits per heavy atom. The minimum Gasteiger partial charge on any atom is -0.322 e. The fourth-order valence-electron chi connectivity index (χ4n) is 3.40. The van der Waals surface area contributed by atoms with E-state index in [1.165, 1.54) is 5.56 Å². The number of aromatic nitrogens is 2. The number of carbonyl (C=O) groups excluding carboxylic acids is 1. The Balaban J connectivity index is 1.67. The summed E-state index contributed by atoms with van der Waals surface area (Å²) in [5, 5.41) is 11.0. The summed E-state index contributed by atoms with van der Waals surface area (Å²) in [6.45, 7) is 6.30. The second-order valence-electron chi connectivity index (χ2n) is 6.97. The van der Waals surface area contributed by atoms with Gasteiger partial charge in [-0.2, -0.15) is 5.10 Å². The van der Waals surface area contributed by atoms with Gasteiger partial charge in [-0.3, -0.25) is 4.79 Å². The molecule has 0 bridgehead atoms. The van der Waals surface area contributed by atoms with Crippen molar-refractivity contribution in [2.24, 2.45) is 0 Å². The van der Waals surface area contributed by atoms with Crippen molar-refractivity contribution in [1.82, 2.24) is 15.1 Å². The maximum absolute atomic E-state index is 12.6. The summed E-state index contributed by atoms with van der Waals surface area (Å²) in [5.41, 5.74) is 4.70. The number of carbonyl (C=O) groups is 1. The molecule has 0 radical (unpaired) electrons. The molecule has 5 nitrogen and oxygen atoms in total. The van der Waals surface area contributed by atoms with Crippen molar-refractivity contribution in [3.63, 3.8) is 0 Å². The molecular weight excluding hydrogens is 348 g/mol. The summed E-state index contributed by atoms with van der Waals surface area (Å²) in [7, 11) is 0. The van der Waals surface area contributed by atoms with Gasteiger partial charge >= 0.3 is 0 Å². The number of aryl methyl sites for hydroxylation is 1. The molecule has 2 aromatic carbocycles. The predicted molar refractivity (Wildman–Crippen MR) is 114 cm³/mol. The number of nitrogens with zero attached hydrogens (tertiary/aromatic N) is 2. The van der Waals surface area contributed by atoms with Gasteiger partial charge in [-0.05, 0) is 38.0 Å². The molecule has 3 aromatic rings. The molecule has 28 heavy (non-hydrogen) atoms. The lowest BCUT2D eigenvalue weighted by Crippen LogP contribution is -2.31.